The van der Waals surface area contributed by atoms with Crippen LogP contribution in [0.5, 0.6) is 0 Å². The van der Waals surface area contributed by atoms with Gasteiger partial charge in [0.1, 0.15) is 0 Å². The first-order chi connectivity index (χ1) is 8.08. The SMILES string of the molecule is CCCCCC(N)C(CC)=C(C)C(=O)OCC. The molecule has 1 atom stereocenters. The van der Waals surface area contributed by atoms with Crippen molar-refractivity contribution in [2.24, 2.45) is 5.73 Å². The summed E-state index contributed by atoms with van der Waals surface area (Å²) in [5.74, 6) is -0.227. The highest BCUT2D eigenvalue weighted by molar-refractivity contribution is 5.88. The van der Waals surface area contributed by atoms with E-state index in [2.05, 4.69) is 6.92 Å². The van der Waals surface area contributed by atoms with Gasteiger partial charge in [-0.25, -0.2) is 4.79 Å². The third kappa shape index (κ3) is 5.87. The number of ether oxygens (including phenoxy) is 1. The first-order valence-corrected chi connectivity index (χ1v) is 6.70. The van der Waals surface area contributed by atoms with Crippen LogP contribution in [0.3, 0.4) is 0 Å². The Labute approximate surface area is 105 Å². The number of unbranched alkanes of at least 4 members (excludes halogenated alkanes) is 2. The third-order valence-corrected chi connectivity index (χ3v) is 3.01. The van der Waals surface area contributed by atoms with Gasteiger partial charge in [0, 0.05) is 11.6 Å². The molecule has 0 amide bonds. The molecule has 0 aromatic rings. The fraction of sp³-hybridized carbons (Fsp3) is 0.786. The van der Waals surface area contributed by atoms with Crippen LogP contribution < -0.4 is 5.73 Å². The standard InChI is InChI=1S/C14H27NO2/c1-5-8-9-10-13(15)12(6-2)11(4)14(16)17-7-3/h13H,5-10,15H2,1-4H3. The molecule has 0 saturated carbocycles. The van der Waals surface area contributed by atoms with Crippen LogP contribution in [-0.2, 0) is 9.53 Å². The number of rotatable bonds is 8. The maximum absolute atomic E-state index is 11.6. The molecule has 1 unspecified atom stereocenters. The van der Waals surface area contributed by atoms with Gasteiger partial charge < -0.3 is 10.5 Å². The lowest BCUT2D eigenvalue weighted by molar-refractivity contribution is -0.138. The van der Waals surface area contributed by atoms with Gasteiger partial charge in [0.15, 0.2) is 0 Å². The summed E-state index contributed by atoms with van der Waals surface area (Å²) in [6.45, 7) is 8.26. The highest BCUT2D eigenvalue weighted by Crippen LogP contribution is 2.17. The molecule has 0 saturated heterocycles. The van der Waals surface area contributed by atoms with E-state index in [4.69, 9.17) is 10.5 Å². The van der Waals surface area contributed by atoms with Crippen molar-refractivity contribution in [3.05, 3.63) is 11.1 Å². The Morgan fingerprint density at radius 3 is 2.35 bits per heavy atom. The monoisotopic (exact) mass is 241 g/mol. The molecule has 2 N–H and O–H groups in total. The van der Waals surface area contributed by atoms with Crippen LogP contribution in [-0.4, -0.2) is 18.6 Å². The van der Waals surface area contributed by atoms with Crippen LogP contribution in [0.25, 0.3) is 0 Å². The zero-order chi connectivity index (χ0) is 13.3. The fourth-order valence-corrected chi connectivity index (χ4v) is 1.96. The summed E-state index contributed by atoms with van der Waals surface area (Å²) in [7, 11) is 0. The molecule has 0 spiro atoms. The van der Waals surface area contributed by atoms with Crippen molar-refractivity contribution < 1.29 is 9.53 Å². The lowest BCUT2D eigenvalue weighted by Gasteiger charge is -2.17. The van der Waals surface area contributed by atoms with Crippen LogP contribution in [0.2, 0.25) is 0 Å². The normalized spacial score (nSPS) is 14.2. The molecule has 0 aromatic carbocycles. The van der Waals surface area contributed by atoms with Crippen molar-refractivity contribution in [2.45, 2.75) is 65.8 Å². The van der Waals surface area contributed by atoms with Gasteiger partial charge in [-0.15, -0.1) is 0 Å². The van der Waals surface area contributed by atoms with Crippen LogP contribution in [0, 0.1) is 0 Å². The summed E-state index contributed by atoms with van der Waals surface area (Å²) in [6.07, 6.45) is 5.28. The van der Waals surface area contributed by atoms with E-state index in [1.54, 1.807) is 0 Å². The van der Waals surface area contributed by atoms with Gasteiger partial charge in [-0.05, 0) is 32.3 Å². The zero-order valence-electron chi connectivity index (χ0n) is 11.7. The molecule has 0 rings (SSSR count). The molecule has 0 fully saturated rings. The predicted molar refractivity (Wildman–Crippen MR) is 71.7 cm³/mol. The van der Waals surface area contributed by atoms with Crippen molar-refractivity contribution in [3.8, 4) is 0 Å². The minimum atomic E-state index is -0.227. The molecule has 0 aliphatic heterocycles. The molecular weight excluding hydrogens is 214 g/mol. The molecule has 0 aromatic heterocycles. The number of esters is 1. The van der Waals surface area contributed by atoms with Crippen LogP contribution in [0.15, 0.2) is 11.1 Å². The summed E-state index contributed by atoms with van der Waals surface area (Å²) in [6, 6.07) is -0.00374. The Morgan fingerprint density at radius 1 is 1.24 bits per heavy atom. The topological polar surface area (TPSA) is 52.3 Å². The second-order valence-corrected chi connectivity index (χ2v) is 4.33. The minimum absolute atomic E-state index is 0.00374. The number of carbonyl (C=O) groups excluding carboxylic acids is 1. The van der Waals surface area contributed by atoms with Crippen molar-refractivity contribution >= 4 is 5.97 Å². The third-order valence-electron chi connectivity index (χ3n) is 3.01. The Kier molecular flexibility index (Phi) is 8.78. The average Bonchev–Trinajstić information content (AvgIpc) is 2.30. The fourth-order valence-electron chi connectivity index (χ4n) is 1.96. The first-order valence-electron chi connectivity index (χ1n) is 6.70. The maximum Gasteiger partial charge on any atom is 0.333 e. The lowest BCUT2D eigenvalue weighted by atomic mass is 9.95. The second-order valence-electron chi connectivity index (χ2n) is 4.33. The van der Waals surface area contributed by atoms with Crippen LogP contribution >= 0.6 is 0 Å². The molecule has 3 nitrogen and oxygen atoms in total. The highest BCUT2D eigenvalue weighted by atomic mass is 16.5. The maximum atomic E-state index is 11.6. The predicted octanol–water partition coefficient (Wildman–Crippen LogP) is 3.18. The van der Waals surface area contributed by atoms with E-state index in [0.29, 0.717) is 12.2 Å². The van der Waals surface area contributed by atoms with Crippen molar-refractivity contribution in [2.75, 3.05) is 6.61 Å². The van der Waals surface area contributed by atoms with Gasteiger partial charge in [-0.1, -0.05) is 33.1 Å². The van der Waals surface area contributed by atoms with Gasteiger partial charge >= 0.3 is 5.97 Å². The molecule has 0 radical (unpaired) electrons. The molecule has 0 heterocycles. The van der Waals surface area contributed by atoms with Crippen molar-refractivity contribution in [3.63, 3.8) is 0 Å². The van der Waals surface area contributed by atoms with E-state index < -0.39 is 0 Å². The molecule has 0 bridgehead atoms. The smallest absolute Gasteiger partial charge is 0.333 e. The summed E-state index contributed by atoms with van der Waals surface area (Å²) in [5, 5.41) is 0. The van der Waals surface area contributed by atoms with Gasteiger partial charge in [-0.2, -0.15) is 0 Å². The van der Waals surface area contributed by atoms with Crippen LogP contribution in [0.1, 0.15) is 59.8 Å². The molecule has 0 aliphatic carbocycles. The number of hydrogen-bond donors (Lipinski definition) is 1. The molecule has 100 valence electrons. The Balaban J connectivity index is 4.55. The zero-order valence-corrected chi connectivity index (χ0v) is 11.7. The number of hydrogen-bond acceptors (Lipinski definition) is 3. The molecule has 17 heavy (non-hydrogen) atoms. The Bertz CT molecular complexity index is 259. The van der Waals surface area contributed by atoms with Gasteiger partial charge in [0.2, 0.25) is 0 Å². The second kappa shape index (κ2) is 9.23. The minimum Gasteiger partial charge on any atom is -0.463 e. The molecular formula is C14H27NO2. The molecule has 3 heteroatoms. The number of nitrogens with two attached hydrogens (primary N) is 1. The Morgan fingerprint density at radius 2 is 1.88 bits per heavy atom. The van der Waals surface area contributed by atoms with E-state index in [-0.39, 0.29) is 12.0 Å². The quantitative estimate of drug-likeness (QED) is 0.403. The van der Waals surface area contributed by atoms with Gasteiger partial charge in [-0.3, -0.25) is 0 Å². The highest BCUT2D eigenvalue weighted by Gasteiger charge is 2.15. The average molecular weight is 241 g/mol. The summed E-state index contributed by atoms with van der Waals surface area (Å²) < 4.78 is 5.01. The van der Waals surface area contributed by atoms with Crippen molar-refractivity contribution in [1.29, 1.82) is 0 Å². The van der Waals surface area contributed by atoms with E-state index in [1.807, 2.05) is 20.8 Å². The largest absolute Gasteiger partial charge is 0.463 e. The molecule has 0 aliphatic rings. The van der Waals surface area contributed by atoms with E-state index in [1.165, 1.54) is 12.8 Å². The lowest BCUT2D eigenvalue weighted by Crippen LogP contribution is -2.25. The van der Waals surface area contributed by atoms with Crippen molar-refractivity contribution in [1.82, 2.24) is 0 Å². The Hall–Kier alpha value is -0.830. The van der Waals surface area contributed by atoms with E-state index in [9.17, 15) is 4.79 Å². The first kappa shape index (κ1) is 16.2. The summed E-state index contributed by atoms with van der Waals surface area (Å²) in [4.78, 5) is 11.6. The van der Waals surface area contributed by atoms with Crippen LogP contribution in [0.4, 0.5) is 0 Å². The summed E-state index contributed by atoms with van der Waals surface area (Å²) in [5.41, 5.74) is 7.87. The summed E-state index contributed by atoms with van der Waals surface area (Å²) >= 11 is 0. The number of carbonyl (C=O) groups is 1. The van der Waals surface area contributed by atoms with E-state index >= 15 is 0 Å². The van der Waals surface area contributed by atoms with E-state index in [0.717, 1.165) is 24.8 Å². The van der Waals surface area contributed by atoms with Gasteiger partial charge in [0.05, 0.1) is 6.61 Å². The van der Waals surface area contributed by atoms with Gasteiger partial charge in [0.25, 0.3) is 0 Å².